The molecule has 2 aromatic carbocycles. The lowest BCUT2D eigenvalue weighted by Crippen LogP contribution is -2.55. The molecule has 8 amide bonds. The number of likely N-dealkylation sites (N-methyl/N-ethyl adjacent to an activating group) is 4. The van der Waals surface area contributed by atoms with E-state index in [2.05, 4.69) is 54.4 Å². The lowest BCUT2D eigenvalue weighted by molar-refractivity contribution is -0.142. The van der Waals surface area contributed by atoms with Gasteiger partial charge in [0.2, 0.25) is 33.9 Å². The summed E-state index contributed by atoms with van der Waals surface area (Å²) >= 11 is 1.07. The number of para-hydroxylation sites is 4. The van der Waals surface area contributed by atoms with Crippen molar-refractivity contribution >= 4 is 125 Å². The van der Waals surface area contributed by atoms with E-state index >= 15 is 0 Å². The fourth-order valence-corrected chi connectivity index (χ4v) is 10.8. The van der Waals surface area contributed by atoms with Crippen molar-refractivity contribution in [2.24, 2.45) is 0 Å². The second kappa shape index (κ2) is 23.6. The number of hydrogen-bond acceptors (Lipinski definition) is 18. The van der Waals surface area contributed by atoms with Gasteiger partial charge in [-0.2, -0.15) is 0 Å². The highest BCUT2D eigenvalue weighted by atomic mass is 33.1. The molecular weight excluding hydrogens is 985 g/mol. The third-order valence-corrected chi connectivity index (χ3v) is 15.3. The number of nitrogens with zero attached hydrogens (tertiary/aromatic N) is 8. The molecule has 370 valence electrons. The normalized spacial score (nSPS) is 21.7. The highest BCUT2D eigenvalue weighted by molar-refractivity contribution is 8.76. The third-order valence-electron chi connectivity index (χ3n) is 11.0. The Morgan fingerprint density at radius 3 is 1.31 bits per heavy atom. The Morgan fingerprint density at radius 1 is 0.586 bits per heavy atom. The van der Waals surface area contributed by atoms with Gasteiger partial charge in [0.15, 0.2) is 0 Å². The first-order valence-electron chi connectivity index (χ1n) is 21.0. The Labute approximate surface area is 419 Å². The van der Waals surface area contributed by atoms with Crippen LogP contribution in [0.2, 0.25) is 0 Å². The molecule has 26 heteroatoms. The minimum atomic E-state index is -1.48. The van der Waals surface area contributed by atoms with Crippen LogP contribution in [0, 0.1) is 0 Å². The zero-order valence-corrected chi connectivity index (χ0v) is 41.3. The monoisotopic (exact) mass is 1040 g/mol. The summed E-state index contributed by atoms with van der Waals surface area (Å²) in [4.78, 5) is 159. The van der Waals surface area contributed by atoms with Crippen molar-refractivity contribution in [2.75, 3.05) is 64.3 Å². The zero-order valence-electron chi connectivity index (χ0n) is 38.0. The first kappa shape index (κ1) is 52.5. The third kappa shape index (κ3) is 12.6. The van der Waals surface area contributed by atoms with Gasteiger partial charge in [0.1, 0.15) is 35.6 Å². The number of nitrogens with one attached hydrogen (secondary N) is 4. The van der Waals surface area contributed by atoms with Crippen LogP contribution >= 0.6 is 45.1 Å². The van der Waals surface area contributed by atoms with E-state index < -0.39 is 106 Å². The smallest absolute Gasteiger partial charge is 0.272 e. The molecule has 0 saturated carbocycles. The van der Waals surface area contributed by atoms with E-state index in [9.17, 15) is 47.9 Å². The second-order valence-electron chi connectivity index (χ2n) is 15.5. The Kier molecular flexibility index (Phi) is 17.7. The van der Waals surface area contributed by atoms with Crippen molar-refractivity contribution in [3.8, 4) is 0 Å². The number of aromatic nitrogens is 4. The first-order valence-corrected chi connectivity index (χ1v) is 25.5. The number of hydrogen-bond donors (Lipinski definition) is 4. The fourth-order valence-electron chi connectivity index (χ4n) is 6.53. The van der Waals surface area contributed by atoms with E-state index in [0.29, 0.717) is 45.6 Å². The Morgan fingerprint density at radius 2 is 0.943 bits per heavy atom. The Bertz CT molecular complexity index is 2640. The van der Waals surface area contributed by atoms with Gasteiger partial charge in [-0.3, -0.25) is 57.9 Å². The second-order valence-corrected chi connectivity index (χ2v) is 20.0. The molecule has 0 radical (unpaired) electrons. The lowest BCUT2D eigenvalue weighted by atomic mass is 10.2. The number of carbonyl (C=O) groups excluding carboxylic acids is 10. The molecule has 2 aromatic heterocycles. The summed E-state index contributed by atoms with van der Waals surface area (Å²) < 4.78 is 0. The predicted molar refractivity (Wildman–Crippen MR) is 269 cm³/mol. The number of rotatable bonds is 4. The Balaban J connectivity index is 0.00000562. The summed E-state index contributed by atoms with van der Waals surface area (Å²) in [6.45, 7) is 6.24. The maximum Gasteiger partial charge on any atom is 0.272 e. The van der Waals surface area contributed by atoms with Gasteiger partial charge >= 0.3 is 0 Å². The standard InChI is InChI=1S/C44H46N12O10S4.2H2/c1-23-43(65)67-19-31(51-39(61)29-15-45-25-11-7-9-13-27(25)49-29)37(59)47-18-36(58)56(6)34-22-70-69-21-33(41(63)53(23)3)55(5)35(57)17-48-38(60)32(20-68-44(66)24(2)54(4)42(34)64)52-40(62)30-16-46-26-12-8-10-14-28(26)50-30;;/h7-16,31-34H,1-2,17-22H2,3-6H3,(H,47,59)(H,48,60)(H,51,61)(H,52,62);2*1H/t31-,32-,33+,34+;;/m1../s1/i;2*1+1. The highest BCUT2D eigenvalue weighted by Crippen LogP contribution is 2.28. The SMILES string of the molecule is C=C1C(=O)SC[C@@H](NC(=O)c2cnc3ccccc3n2)C(=O)NCC(=O)N(C)[C@H]2CSSC[C@@H](C(=O)N1C)N(C)C(=O)CNC(=O)[C@H](NC(=O)c1cnc3ccccc3n1)CSC(=O)C(=C)N(C)C2=O.[2HH].[2HH]. The quantitative estimate of drug-likeness (QED) is 0.162. The maximum absolute atomic E-state index is 14.3. The fraction of sp³-hybridized carbons (Fsp3) is 0.318. The minimum Gasteiger partial charge on any atom is -0.345 e. The molecular formula is C44H50N12O10S4. The average molecular weight is 1040 g/mol. The number of amides is 8. The van der Waals surface area contributed by atoms with Gasteiger partial charge in [0.05, 0.1) is 58.9 Å². The molecule has 2 aliphatic rings. The van der Waals surface area contributed by atoms with E-state index in [1.165, 1.54) is 40.6 Å². The number of fused-ring (bicyclic) bond motifs is 7. The maximum atomic E-state index is 14.3. The topological polar surface area (TPSA) is 283 Å². The first-order chi connectivity index (χ1) is 33.4. The molecule has 4 heterocycles. The van der Waals surface area contributed by atoms with Gasteiger partial charge in [0.25, 0.3) is 23.6 Å². The van der Waals surface area contributed by atoms with E-state index in [1.807, 2.05) is 0 Å². The van der Waals surface area contributed by atoms with Crippen LogP contribution in [-0.2, 0) is 38.4 Å². The van der Waals surface area contributed by atoms with Crippen LogP contribution in [0.1, 0.15) is 23.8 Å². The van der Waals surface area contributed by atoms with Crippen LogP contribution in [-0.4, -0.2) is 185 Å². The predicted octanol–water partition coefficient (Wildman–Crippen LogP) is 0.721. The van der Waals surface area contributed by atoms with E-state index in [4.69, 9.17) is 0 Å². The average Bonchev–Trinajstić information content (AvgIpc) is 3.37. The lowest BCUT2D eigenvalue weighted by Gasteiger charge is -2.33. The van der Waals surface area contributed by atoms with Gasteiger partial charge in [-0.1, -0.05) is 82.5 Å². The van der Waals surface area contributed by atoms with Crippen molar-refractivity contribution in [1.29, 1.82) is 0 Å². The number of carbonyl (C=O) groups is 10. The zero-order chi connectivity index (χ0) is 50.8. The van der Waals surface area contributed by atoms with Crippen molar-refractivity contribution in [3.05, 3.63) is 96.9 Å². The molecule has 4 atom stereocenters. The molecule has 4 aromatic rings. The van der Waals surface area contributed by atoms with Gasteiger partial charge in [-0.25, -0.2) is 9.97 Å². The molecule has 0 aliphatic carbocycles. The highest BCUT2D eigenvalue weighted by Gasteiger charge is 2.37. The number of thioether (sulfide) groups is 2. The molecule has 2 saturated heterocycles. The molecule has 22 nitrogen and oxygen atoms in total. The van der Waals surface area contributed by atoms with Crippen molar-refractivity contribution in [1.82, 2.24) is 60.8 Å². The molecule has 6 rings (SSSR count). The number of benzene rings is 2. The molecule has 70 heavy (non-hydrogen) atoms. The Hall–Kier alpha value is -6.90. The van der Waals surface area contributed by atoms with Crippen molar-refractivity contribution in [3.63, 3.8) is 0 Å². The molecule has 2 bridgehead atoms. The summed E-state index contributed by atoms with van der Waals surface area (Å²) in [5.74, 6) is -7.71. The largest absolute Gasteiger partial charge is 0.345 e. The summed E-state index contributed by atoms with van der Waals surface area (Å²) in [5.41, 5.74) is 0.807. The van der Waals surface area contributed by atoms with Crippen LogP contribution in [0.25, 0.3) is 22.1 Å². The summed E-state index contributed by atoms with van der Waals surface area (Å²) in [6.07, 6.45) is 2.42. The van der Waals surface area contributed by atoms with Crippen LogP contribution < -0.4 is 21.3 Å². The summed E-state index contributed by atoms with van der Waals surface area (Å²) in [5, 5.41) is 8.44. The van der Waals surface area contributed by atoms with Gasteiger partial charge < -0.3 is 40.9 Å². The van der Waals surface area contributed by atoms with Crippen molar-refractivity contribution < 1.29 is 50.8 Å². The van der Waals surface area contributed by atoms with Crippen LogP contribution in [0.15, 0.2) is 85.5 Å². The van der Waals surface area contributed by atoms with E-state index in [0.717, 1.165) is 41.2 Å². The van der Waals surface area contributed by atoms with Crippen LogP contribution in [0.3, 0.4) is 0 Å². The molecule has 2 fully saturated rings. The minimum absolute atomic E-state index is 0. The molecule has 0 unspecified atom stereocenters. The van der Waals surface area contributed by atoms with Crippen LogP contribution in [0.5, 0.6) is 0 Å². The van der Waals surface area contributed by atoms with Crippen LogP contribution in [0.4, 0.5) is 0 Å². The van der Waals surface area contributed by atoms with Crippen molar-refractivity contribution in [2.45, 2.75) is 24.2 Å². The van der Waals surface area contributed by atoms with Gasteiger partial charge in [-0.15, -0.1) is 0 Å². The van der Waals surface area contributed by atoms with Gasteiger partial charge in [-0.05, 0) is 24.3 Å². The van der Waals surface area contributed by atoms with E-state index in [-0.39, 0.29) is 37.1 Å². The summed E-state index contributed by atoms with van der Waals surface area (Å²) in [6, 6.07) is 7.93. The van der Waals surface area contributed by atoms with E-state index in [1.54, 1.807) is 48.5 Å². The molecule has 2 aliphatic heterocycles. The van der Waals surface area contributed by atoms with Gasteiger partial charge in [0, 0.05) is 54.1 Å². The molecule has 4 N–H and O–H groups in total. The summed E-state index contributed by atoms with van der Waals surface area (Å²) in [7, 11) is 7.23. The molecule has 0 spiro atoms.